The molecular weight excluding hydrogens is 196 g/mol. The lowest BCUT2D eigenvalue weighted by Crippen LogP contribution is -2.26. The van der Waals surface area contributed by atoms with Gasteiger partial charge in [-0.1, -0.05) is 37.3 Å². The minimum Gasteiger partial charge on any atom is -0.317 e. The van der Waals surface area contributed by atoms with Crippen molar-refractivity contribution in [3.63, 3.8) is 0 Å². The Labute approximate surface area is 98.7 Å². The van der Waals surface area contributed by atoms with E-state index >= 15 is 0 Å². The molecule has 0 amide bonds. The Hall–Kier alpha value is -0.860. The molecule has 2 heteroatoms. The molecule has 1 aliphatic heterocycles. The zero-order valence-corrected chi connectivity index (χ0v) is 10.2. The van der Waals surface area contributed by atoms with Crippen LogP contribution in [0.3, 0.4) is 0 Å². The molecule has 0 aromatic heterocycles. The molecule has 1 saturated heterocycles. The summed E-state index contributed by atoms with van der Waals surface area (Å²) >= 11 is 0. The van der Waals surface area contributed by atoms with E-state index in [9.17, 15) is 0 Å². The van der Waals surface area contributed by atoms with Crippen LogP contribution in [0, 0.1) is 5.92 Å². The summed E-state index contributed by atoms with van der Waals surface area (Å²) in [6.07, 6.45) is 1.35. The number of nitrogens with zero attached hydrogens (tertiary/aromatic N) is 1. The predicted octanol–water partition coefficient (Wildman–Crippen LogP) is 2.12. The first-order chi connectivity index (χ1) is 7.88. The molecule has 88 valence electrons. The van der Waals surface area contributed by atoms with Crippen LogP contribution in [0.1, 0.15) is 18.9 Å². The number of rotatable bonds is 5. The van der Waals surface area contributed by atoms with Crippen LogP contribution in [-0.4, -0.2) is 31.1 Å². The zero-order valence-electron chi connectivity index (χ0n) is 10.2. The van der Waals surface area contributed by atoms with Gasteiger partial charge < -0.3 is 5.32 Å². The van der Waals surface area contributed by atoms with Gasteiger partial charge in [0.2, 0.25) is 0 Å². The van der Waals surface area contributed by atoms with E-state index in [2.05, 4.69) is 47.5 Å². The fraction of sp³-hybridized carbons (Fsp3) is 0.571. The van der Waals surface area contributed by atoms with Crippen LogP contribution in [0.2, 0.25) is 0 Å². The third kappa shape index (κ3) is 3.32. The largest absolute Gasteiger partial charge is 0.317 e. The first kappa shape index (κ1) is 11.6. The van der Waals surface area contributed by atoms with Gasteiger partial charge in [0.15, 0.2) is 0 Å². The lowest BCUT2D eigenvalue weighted by molar-refractivity contribution is 0.314. The van der Waals surface area contributed by atoms with E-state index in [1.54, 1.807) is 0 Å². The van der Waals surface area contributed by atoms with Gasteiger partial charge in [-0.15, -0.1) is 0 Å². The average Bonchev–Trinajstić information content (AvgIpc) is 2.75. The van der Waals surface area contributed by atoms with Crippen molar-refractivity contribution in [1.82, 2.24) is 10.2 Å². The van der Waals surface area contributed by atoms with E-state index in [-0.39, 0.29) is 0 Å². The Morgan fingerprint density at radius 2 is 2.12 bits per heavy atom. The van der Waals surface area contributed by atoms with Gasteiger partial charge in [0.1, 0.15) is 0 Å². The van der Waals surface area contributed by atoms with Crippen molar-refractivity contribution >= 4 is 0 Å². The summed E-state index contributed by atoms with van der Waals surface area (Å²) in [4.78, 5) is 2.57. The number of nitrogens with one attached hydrogen (secondary N) is 1. The fourth-order valence-corrected chi connectivity index (χ4v) is 2.41. The molecule has 1 atom stereocenters. The smallest absolute Gasteiger partial charge is 0.0233 e. The Morgan fingerprint density at radius 1 is 1.31 bits per heavy atom. The van der Waals surface area contributed by atoms with Gasteiger partial charge in [0.05, 0.1) is 0 Å². The van der Waals surface area contributed by atoms with Crippen LogP contribution >= 0.6 is 0 Å². The summed E-state index contributed by atoms with van der Waals surface area (Å²) in [5, 5.41) is 3.45. The molecule has 0 spiro atoms. The van der Waals surface area contributed by atoms with Gasteiger partial charge >= 0.3 is 0 Å². The molecule has 1 aromatic carbocycles. The average molecular weight is 218 g/mol. The summed E-state index contributed by atoms with van der Waals surface area (Å²) in [5.74, 6) is 0.851. The van der Waals surface area contributed by atoms with E-state index in [4.69, 9.17) is 0 Å². The van der Waals surface area contributed by atoms with Crippen molar-refractivity contribution in [1.29, 1.82) is 0 Å². The molecule has 0 bridgehead atoms. The second-order valence-electron chi connectivity index (χ2n) is 4.68. The number of hydrogen-bond donors (Lipinski definition) is 1. The first-order valence-electron chi connectivity index (χ1n) is 6.35. The van der Waals surface area contributed by atoms with E-state index in [0.717, 1.165) is 19.0 Å². The quantitative estimate of drug-likeness (QED) is 0.814. The Balaban J connectivity index is 1.76. The molecule has 2 nitrogen and oxygen atoms in total. The highest BCUT2D eigenvalue weighted by Crippen LogP contribution is 2.17. The van der Waals surface area contributed by atoms with Gasteiger partial charge in [0.25, 0.3) is 0 Å². The molecule has 1 N–H and O–H groups in total. The molecule has 1 unspecified atom stereocenters. The second-order valence-corrected chi connectivity index (χ2v) is 4.68. The van der Waals surface area contributed by atoms with Crippen LogP contribution in [0.25, 0.3) is 0 Å². The van der Waals surface area contributed by atoms with Crippen molar-refractivity contribution in [2.24, 2.45) is 5.92 Å². The van der Waals surface area contributed by atoms with Crippen LogP contribution in [0.4, 0.5) is 0 Å². The molecule has 1 fully saturated rings. The highest BCUT2D eigenvalue weighted by atomic mass is 15.1. The van der Waals surface area contributed by atoms with Crippen molar-refractivity contribution in [3.05, 3.63) is 35.9 Å². The molecule has 16 heavy (non-hydrogen) atoms. The lowest BCUT2D eigenvalue weighted by Gasteiger charge is -2.16. The normalized spacial score (nSPS) is 21.4. The summed E-state index contributed by atoms with van der Waals surface area (Å²) in [6, 6.07) is 10.8. The molecule has 1 aromatic rings. The Morgan fingerprint density at radius 3 is 2.88 bits per heavy atom. The maximum atomic E-state index is 3.45. The summed E-state index contributed by atoms with van der Waals surface area (Å²) in [6.45, 7) is 8.07. The van der Waals surface area contributed by atoms with E-state index < -0.39 is 0 Å². The number of benzene rings is 1. The third-order valence-electron chi connectivity index (χ3n) is 3.30. The van der Waals surface area contributed by atoms with Crippen molar-refractivity contribution in [2.75, 3.05) is 26.2 Å². The fourth-order valence-electron chi connectivity index (χ4n) is 2.41. The monoisotopic (exact) mass is 218 g/mol. The van der Waals surface area contributed by atoms with Gasteiger partial charge in [0, 0.05) is 13.1 Å². The zero-order chi connectivity index (χ0) is 11.2. The SMILES string of the molecule is CCNCC1CCN(Cc2ccccc2)C1. The minimum atomic E-state index is 0.851. The summed E-state index contributed by atoms with van der Waals surface area (Å²) in [5.41, 5.74) is 1.44. The lowest BCUT2D eigenvalue weighted by atomic mass is 10.1. The van der Waals surface area contributed by atoms with Gasteiger partial charge in [-0.05, 0) is 37.5 Å². The van der Waals surface area contributed by atoms with E-state index in [0.29, 0.717) is 0 Å². The van der Waals surface area contributed by atoms with Crippen LogP contribution in [0.5, 0.6) is 0 Å². The molecule has 1 heterocycles. The first-order valence-corrected chi connectivity index (χ1v) is 6.35. The van der Waals surface area contributed by atoms with Crippen LogP contribution < -0.4 is 5.32 Å². The van der Waals surface area contributed by atoms with Gasteiger partial charge in [-0.25, -0.2) is 0 Å². The number of hydrogen-bond acceptors (Lipinski definition) is 2. The summed E-state index contributed by atoms with van der Waals surface area (Å²) in [7, 11) is 0. The molecule has 0 aliphatic carbocycles. The van der Waals surface area contributed by atoms with Crippen molar-refractivity contribution < 1.29 is 0 Å². The maximum Gasteiger partial charge on any atom is 0.0233 e. The topological polar surface area (TPSA) is 15.3 Å². The highest BCUT2D eigenvalue weighted by Gasteiger charge is 2.21. The van der Waals surface area contributed by atoms with Crippen LogP contribution in [-0.2, 0) is 6.54 Å². The van der Waals surface area contributed by atoms with Crippen LogP contribution in [0.15, 0.2) is 30.3 Å². The van der Waals surface area contributed by atoms with E-state index in [1.807, 2.05) is 0 Å². The van der Waals surface area contributed by atoms with E-state index in [1.165, 1.54) is 31.6 Å². The molecular formula is C14H22N2. The second kappa shape index (κ2) is 6.02. The predicted molar refractivity (Wildman–Crippen MR) is 68.4 cm³/mol. The van der Waals surface area contributed by atoms with Crippen molar-refractivity contribution in [2.45, 2.75) is 19.9 Å². The minimum absolute atomic E-state index is 0.851. The molecule has 2 rings (SSSR count). The van der Waals surface area contributed by atoms with Gasteiger partial charge in [-0.2, -0.15) is 0 Å². The highest BCUT2D eigenvalue weighted by molar-refractivity contribution is 5.14. The van der Waals surface area contributed by atoms with Crippen molar-refractivity contribution in [3.8, 4) is 0 Å². The Kier molecular flexibility index (Phi) is 4.37. The molecule has 0 saturated carbocycles. The number of likely N-dealkylation sites (tertiary alicyclic amines) is 1. The maximum absolute atomic E-state index is 3.45. The van der Waals surface area contributed by atoms with Gasteiger partial charge in [-0.3, -0.25) is 4.90 Å². The molecule has 0 radical (unpaired) electrons. The Bertz CT molecular complexity index is 297. The summed E-state index contributed by atoms with van der Waals surface area (Å²) < 4.78 is 0. The third-order valence-corrected chi connectivity index (χ3v) is 3.30. The standard InChI is InChI=1S/C14H22N2/c1-2-15-10-14-8-9-16(12-14)11-13-6-4-3-5-7-13/h3-7,14-15H,2,8-12H2,1H3. The molecule has 1 aliphatic rings.